The first-order chi connectivity index (χ1) is 14.1. The molecule has 3 heterocycles. The lowest BCUT2D eigenvalue weighted by atomic mass is 9.68. The standard InChI is InChI=1S/C23H19NO5/c25-21-16-11-17(28-13-15-9-5-2-6-10-15)20(19-18(16)22(26)29-23(19)27)24(21)12-14-7-3-1-4-8-14/h1-11,16,18-20H,12-13H2/t16?,18-,19-,20?/m1/s1. The van der Waals surface area contributed by atoms with Crippen LogP contribution in [-0.2, 0) is 37.0 Å². The minimum atomic E-state index is -0.754. The normalized spacial score (nSPS) is 27.5. The number of rotatable bonds is 5. The summed E-state index contributed by atoms with van der Waals surface area (Å²) in [5.74, 6) is -3.00. The van der Waals surface area contributed by atoms with Crippen molar-refractivity contribution < 1.29 is 23.9 Å². The molecule has 2 bridgehead atoms. The molecule has 2 saturated heterocycles. The fraction of sp³-hybridized carbons (Fsp3) is 0.261. The van der Waals surface area contributed by atoms with Gasteiger partial charge in [0.2, 0.25) is 5.91 Å². The smallest absolute Gasteiger partial charge is 0.320 e. The van der Waals surface area contributed by atoms with Gasteiger partial charge in [-0.05, 0) is 17.2 Å². The third-order valence-electron chi connectivity index (χ3n) is 5.84. The summed E-state index contributed by atoms with van der Waals surface area (Å²) < 4.78 is 11.0. The van der Waals surface area contributed by atoms with E-state index in [-0.39, 0.29) is 5.91 Å². The van der Waals surface area contributed by atoms with Gasteiger partial charge >= 0.3 is 11.9 Å². The first-order valence-electron chi connectivity index (χ1n) is 9.62. The predicted molar refractivity (Wildman–Crippen MR) is 102 cm³/mol. The first kappa shape index (κ1) is 17.7. The molecule has 2 unspecified atom stereocenters. The van der Waals surface area contributed by atoms with Gasteiger partial charge in [-0.25, -0.2) is 0 Å². The minimum absolute atomic E-state index is 0.168. The van der Waals surface area contributed by atoms with Crippen LogP contribution in [-0.4, -0.2) is 28.8 Å². The van der Waals surface area contributed by atoms with Crippen LogP contribution in [0.25, 0.3) is 0 Å². The van der Waals surface area contributed by atoms with Crippen LogP contribution in [0.5, 0.6) is 0 Å². The first-order valence-corrected chi connectivity index (χ1v) is 9.62. The van der Waals surface area contributed by atoms with Crippen molar-refractivity contribution in [2.24, 2.45) is 17.8 Å². The van der Waals surface area contributed by atoms with Crippen molar-refractivity contribution in [3.63, 3.8) is 0 Å². The van der Waals surface area contributed by atoms with Crippen molar-refractivity contribution in [2.75, 3.05) is 0 Å². The van der Waals surface area contributed by atoms with E-state index in [2.05, 4.69) is 0 Å². The molecule has 4 atom stereocenters. The van der Waals surface area contributed by atoms with Crippen LogP contribution >= 0.6 is 0 Å². The van der Waals surface area contributed by atoms with Crippen molar-refractivity contribution in [2.45, 2.75) is 19.2 Å². The summed E-state index contributed by atoms with van der Waals surface area (Å²) in [6.45, 7) is 0.668. The highest BCUT2D eigenvalue weighted by Crippen LogP contribution is 2.48. The fourth-order valence-electron chi connectivity index (χ4n) is 4.51. The van der Waals surface area contributed by atoms with Gasteiger partial charge in [0.1, 0.15) is 18.4 Å². The molecule has 0 saturated carbocycles. The molecule has 1 amide bonds. The Hall–Kier alpha value is -3.41. The summed E-state index contributed by atoms with van der Waals surface area (Å²) in [5, 5.41) is 0. The Bertz CT molecular complexity index is 1000. The van der Waals surface area contributed by atoms with Crippen molar-refractivity contribution in [1.82, 2.24) is 4.90 Å². The molecule has 6 nitrogen and oxygen atoms in total. The van der Waals surface area contributed by atoms with E-state index in [4.69, 9.17) is 9.47 Å². The fourth-order valence-corrected chi connectivity index (χ4v) is 4.51. The zero-order valence-electron chi connectivity index (χ0n) is 15.6. The Morgan fingerprint density at radius 2 is 1.45 bits per heavy atom. The van der Waals surface area contributed by atoms with Crippen LogP contribution in [0.4, 0.5) is 0 Å². The molecule has 0 radical (unpaired) electrons. The van der Waals surface area contributed by atoms with Crippen molar-refractivity contribution in [3.8, 4) is 0 Å². The maximum atomic E-state index is 13.1. The van der Waals surface area contributed by atoms with E-state index >= 15 is 0 Å². The molecule has 0 N–H and O–H groups in total. The molecule has 2 aromatic rings. The van der Waals surface area contributed by atoms with E-state index in [1.807, 2.05) is 60.7 Å². The van der Waals surface area contributed by atoms with E-state index in [1.54, 1.807) is 11.0 Å². The molecular formula is C23H19NO5. The molecule has 1 aliphatic carbocycles. The van der Waals surface area contributed by atoms with Gasteiger partial charge in [0.05, 0.1) is 17.8 Å². The number of carbonyl (C=O) groups is 3. The summed E-state index contributed by atoms with van der Waals surface area (Å²) in [6.07, 6.45) is 1.71. The Kier molecular flexibility index (Phi) is 4.19. The summed E-state index contributed by atoms with van der Waals surface area (Å²) in [7, 11) is 0. The average Bonchev–Trinajstić information content (AvgIpc) is 3.05. The molecule has 6 rings (SSSR count). The highest BCUT2D eigenvalue weighted by atomic mass is 16.6. The van der Waals surface area contributed by atoms with Crippen LogP contribution in [0, 0.1) is 17.8 Å². The van der Waals surface area contributed by atoms with E-state index in [0.717, 1.165) is 11.1 Å². The predicted octanol–water partition coefficient (Wildman–Crippen LogP) is 2.44. The number of carbonyl (C=O) groups excluding carboxylic acids is 3. The molecule has 2 aromatic carbocycles. The zero-order chi connectivity index (χ0) is 20.0. The molecule has 146 valence electrons. The third kappa shape index (κ3) is 2.92. The molecule has 6 heteroatoms. The van der Waals surface area contributed by atoms with Crippen molar-refractivity contribution in [1.29, 1.82) is 0 Å². The second-order valence-corrected chi connectivity index (χ2v) is 7.56. The summed E-state index contributed by atoms with van der Waals surface area (Å²) >= 11 is 0. The van der Waals surface area contributed by atoms with Crippen molar-refractivity contribution in [3.05, 3.63) is 83.6 Å². The zero-order valence-corrected chi connectivity index (χ0v) is 15.6. The number of hydrogen-bond acceptors (Lipinski definition) is 5. The number of fused-ring (bicyclic) bond motifs is 1. The molecule has 4 aliphatic rings. The lowest BCUT2D eigenvalue weighted by Crippen LogP contribution is -2.61. The number of nitrogens with zero attached hydrogens (tertiary/aromatic N) is 1. The molecule has 0 aromatic heterocycles. The largest absolute Gasteiger partial charge is 0.491 e. The average molecular weight is 389 g/mol. The summed E-state index contributed by atoms with van der Waals surface area (Å²) in [6, 6.07) is 18.6. The lowest BCUT2D eigenvalue weighted by Gasteiger charge is -2.47. The van der Waals surface area contributed by atoms with E-state index in [0.29, 0.717) is 18.9 Å². The van der Waals surface area contributed by atoms with Crippen LogP contribution in [0.3, 0.4) is 0 Å². The Morgan fingerprint density at radius 1 is 0.828 bits per heavy atom. The van der Waals surface area contributed by atoms with Gasteiger partial charge in [0.25, 0.3) is 0 Å². The Morgan fingerprint density at radius 3 is 2.14 bits per heavy atom. The van der Waals surface area contributed by atoms with Gasteiger partial charge in [0.15, 0.2) is 0 Å². The number of amides is 1. The van der Waals surface area contributed by atoms with Crippen LogP contribution in [0.1, 0.15) is 11.1 Å². The SMILES string of the molecule is O=C1OC(=O)[C@H]2C3C(OCc4ccccc4)=CC(C(=O)N3Cc3ccccc3)[C@@H]12. The number of hydrogen-bond donors (Lipinski definition) is 0. The quantitative estimate of drug-likeness (QED) is 0.580. The molecule has 3 aliphatic heterocycles. The number of cyclic esters (lactones) is 2. The second kappa shape index (κ2) is 6.88. The Balaban J connectivity index is 1.48. The molecular weight excluding hydrogens is 370 g/mol. The number of ether oxygens (including phenoxy) is 2. The summed E-state index contributed by atoms with van der Waals surface area (Å²) in [4.78, 5) is 39.5. The van der Waals surface area contributed by atoms with Gasteiger partial charge in [-0.2, -0.15) is 0 Å². The monoisotopic (exact) mass is 389 g/mol. The van der Waals surface area contributed by atoms with Crippen molar-refractivity contribution >= 4 is 17.8 Å². The highest BCUT2D eigenvalue weighted by molar-refractivity contribution is 6.03. The van der Waals surface area contributed by atoms with Gasteiger partial charge < -0.3 is 14.4 Å². The minimum Gasteiger partial charge on any atom is -0.491 e. The topological polar surface area (TPSA) is 72.9 Å². The second-order valence-electron chi connectivity index (χ2n) is 7.56. The number of benzene rings is 2. The molecule has 29 heavy (non-hydrogen) atoms. The van der Waals surface area contributed by atoms with Gasteiger partial charge in [-0.15, -0.1) is 0 Å². The van der Waals surface area contributed by atoms with Crippen LogP contribution in [0.2, 0.25) is 0 Å². The maximum absolute atomic E-state index is 13.1. The molecule has 2 fully saturated rings. The van der Waals surface area contributed by atoms with E-state index < -0.39 is 35.7 Å². The van der Waals surface area contributed by atoms with E-state index in [9.17, 15) is 14.4 Å². The Labute approximate surface area is 167 Å². The number of esters is 2. The van der Waals surface area contributed by atoms with Crippen LogP contribution in [0.15, 0.2) is 72.5 Å². The third-order valence-corrected chi connectivity index (χ3v) is 5.84. The molecule has 0 spiro atoms. The lowest BCUT2D eigenvalue weighted by molar-refractivity contribution is -0.155. The van der Waals surface area contributed by atoms with Gasteiger partial charge in [-0.1, -0.05) is 60.7 Å². The summed E-state index contributed by atoms with van der Waals surface area (Å²) in [5.41, 5.74) is 1.93. The number of piperidine rings is 1. The van der Waals surface area contributed by atoms with Crippen LogP contribution < -0.4 is 0 Å². The van der Waals surface area contributed by atoms with E-state index in [1.165, 1.54) is 0 Å². The highest BCUT2D eigenvalue weighted by Gasteiger charge is 2.63. The van der Waals surface area contributed by atoms with Gasteiger partial charge in [0, 0.05) is 6.54 Å². The maximum Gasteiger partial charge on any atom is 0.320 e. The van der Waals surface area contributed by atoms with Gasteiger partial charge in [-0.3, -0.25) is 14.4 Å².